The predicted molar refractivity (Wildman–Crippen MR) is 137 cm³/mol. The number of methoxy groups -OCH3 is 1. The van der Waals surface area contributed by atoms with Crippen molar-refractivity contribution in [1.82, 2.24) is 20.6 Å². The minimum atomic E-state index is -0.761. The van der Waals surface area contributed by atoms with Crippen molar-refractivity contribution in [3.63, 3.8) is 0 Å². The number of oxazole rings is 1. The number of hydrogen-bond acceptors (Lipinski definition) is 9. The van der Waals surface area contributed by atoms with Crippen molar-refractivity contribution in [3.8, 4) is 11.5 Å². The summed E-state index contributed by atoms with van der Waals surface area (Å²) in [6, 6.07) is 7.87. The summed E-state index contributed by atoms with van der Waals surface area (Å²) in [5.41, 5.74) is 3.46. The van der Waals surface area contributed by atoms with Gasteiger partial charge in [0.25, 0.3) is 5.91 Å². The van der Waals surface area contributed by atoms with Gasteiger partial charge in [0.05, 0.1) is 30.7 Å². The molecule has 2 aliphatic rings. The Labute approximate surface area is 215 Å². The molecule has 10 nitrogen and oxygen atoms in total. The number of aryl methyl sites for hydroxylation is 1. The van der Waals surface area contributed by atoms with E-state index in [9.17, 15) is 9.90 Å². The molecule has 3 aromatic rings. The Morgan fingerprint density at radius 1 is 1.27 bits per heavy atom. The first-order valence-corrected chi connectivity index (χ1v) is 12.6. The van der Waals surface area contributed by atoms with E-state index in [1.165, 1.54) is 19.9 Å². The first kappa shape index (κ1) is 25.0. The molecule has 1 aliphatic carbocycles. The molecular formula is C27H33N5O5. The molecule has 1 amide bonds. The number of aliphatic hydroxyl groups excluding tert-OH is 1. The van der Waals surface area contributed by atoms with Crippen LogP contribution in [0.25, 0.3) is 0 Å². The van der Waals surface area contributed by atoms with Crippen LogP contribution in [0.5, 0.6) is 11.5 Å². The van der Waals surface area contributed by atoms with Crippen molar-refractivity contribution in [2.45, 2.75) is 63.9 Å². The fourth-order valence-corrected chi connectivity index (χ4v) is 4.55. The highest BCUT2D eigenvalue weighted by atomic mass is 16.5. The van der Waals surface area contributed by atoms with Crippen LogP contribution < -0.4 is 25.4 Å². The molecule has 37 heavy (non-hydrogen) atoms. The molecule has 1 saturated carbocycles. The Kier molecular flexibility index (Phi) is 7.57. The molecule has 0 saturated heterocycles. The van der Waals surface area contributed by atoms with Gasteiger partial charge in [0.2, 0.25) is 0 Å². The lowest BCUT2D eigenvalue weighted by molar-refractivity contribution is 0.0867. The van der Waals surface area contributed by atoms with E-state index >= 15 is 0 Å². The average Bonchev–Trinajstić information content (AvgIpc) is 3.31. The zero-order chi connectivity index (χ0) is 25.8. The summed E-state index contributed by atoms with van der Waals surface area (Å²) in [6.45, 7) is 2.91. The Bertz CT molecular complexity index is 1240. The fourth-order valence-electron chi connectivity index (χ4n) is 4.55. The number of hydrogen-bond donors (Lipinski definition) is 4. The number of amides is 1. The van der Waals surface area contributed by atoms with Crippen LogP contribution in [0.2, 0.25) is 0 Å². The lowest BCUT2D eigenvalue weighted by Crippen LogP contribution is -2.49. The van der Waals surface area contributed by atoms with Gasteiger partial charge in [0.1, 0.15) is 23.9 Å². The van der Waals surface area contributed by atoms with E-state index in [-0.39, 0.29) is 18.5 Å². The SMILES string of the molecule is COc1cnc(NC2CCC2)cc1C(=O)NC[C@@H](O)[C@@H]1Cc2ccc(OCc3ocnc3C)cc2CN1. The molecular weight excluding hydrogens is 474 g/mol. The highest BCUT2D eigenvalue weighted by Gasteiger charge is 2.26. The van der Waals surface area contributed by atoms with E-state index in [1.807, 2.05) is 25.1 Å². The molecule has 4 N–H and O–H groups in total. The summed E-state index contributed by atoms with van der Waals surface area (Å²) in [5, 5.41) is 20.4. The van der Waals surface area contributed by atoms with Gasteiger partial charge in [0.15, 0.2) is 12.2 Å². The minimum absolute atomic E-state index is 0.112. The maximum atomic E-state index is 12.9. The van der Waals surface area contributed by atoms with E-state index in [4.69, 9.17) is 13.9 Å². The molecule has 1 fully saturated rings. The smallest absolute Gasteiger partial charge is 0.255 e. The van der Waals surface area contributed by atoms with Gasteiger partial charge in [-0.25, -0.2) is 9.97 Å². The first-order chi connectivity index (χ1) is 18.0. The third kappa shape index (κ3) is 5.86. The van der Waals surface area contributed by atoms with Crippen molar-refractivity contribution in [1.29, 1.82) is 0 Å². The fraction of sp³-hybridized carbons (Fsp3) is 0.444. The highest BCUT2D eigenvalue weighted by molar-refractivity contribution is 5.97. The first-order valence-electron chi connectivity index (χ1n) is 12.6. The van der Waals surface area contributed by atoms with Crippen LogP contribution in [0.15, 0.2) is 41.3 Å². The summed E-state index contributed by atoms with van der Waals surface area (Å²) in [4.78, 5) is 21.4. The van der Waals surface area contributed by atoms with Gasteiger partial charge in [-0.3, -0.25) is 4.79 Å². The molecule has 0 bridgehead atoms. The highest BCUT2D eigenvalue weighted by Crippen LogP contribution is 2.26. The van der Waals surface area contributed by atoms with Crippen LogP contribution in [0.1, 0.15) is 52.2 Å². The molecule has 0 radical (unpaired) electrons. The largest absolute Gasteiger partial charge is 0.494 e. The number of benzene rings is 1. The minimum Gasteiger partial charge on any atom is -0.494 e. The number of pyridine rings is 1. The van der Waals surface area contributed by atoms with E-state index in [1.54, 1.807) is 12.3 Å². The van der Waals surface area contributed by atoms with Crippen LogP contribution >= 0.6 is 0 Å². The molecule has 3 heterocycles. The standard InChI is InChI=1S/C27H33N5O5/c1-16-25(37-15-31-16)14-36-20-7-6-17-9-22(28-11-18(17)8-20)23(33)12-30-27(34)21-10-26(29-13-24(21)35-2)32-19-4-3-5-19/h6-8,10,13,15,19,22-23,28,33H,3-5,9,11-12,14H2,1-2H3,(H,29,32)(H,30,34)/t22-,23+/m0/s1. The van der Waals surface area contributed by atoms with Crippen molar-refractivity contribution >= 4 is 11.7 Å². The number of aromatic nitrogens is 2. The van der Waals surface area contributed by atoms with Crippen molar-refractivity contribution in [2.75, 3.05) is 19.0 Å². The van der Waals surface area contributed by atoms with E-state index in [2.05, 4.69) is 25.9 Å². The van der Waals surface area contributed by atoms with Crippen LogP contribution in [-0.4, -0.2) is 52.8 Å². The van der Waals surface area contributed by atoms with Gasteiger partial charge in [-0.2, -0.15) is 0 Å². The van der Waals surface area contributed by atoms with E-state index in [0.29, 0.717) is 48.5 Å². The van der Waals surface area contributed by atoms with Crippen LogP contribution in [0, 0.1) is 6.92 Å². The number of carbonyl (C=O) groups is 1. The Morgan fingerprint density at radius 3 is 2.86 bits per heavy atom. The van der Waals surface area contributed by atoms with E-state index in [0.717, 1.165) is 35.4 Å². The second-order valence-corrected chi connectivity index (χ2v) is 9.59. The molecule has 0 spiro atoms. The monoisotopic (exact) mass is 507 g/mol. The molecule has 10 heteroatoms. The Morgan fingerprint density at radius 2 is 2.14 bits per heavy atom. The predicted octanol–water partition coefficient (Wildman–Crippen LogP) is 2.74. The molecule has 2 aromatic heterocycles. The number of anilines is 1. The topological polar surface area (TPSA) is 131 Å². The lowest BCUT2D eigenvalue weighted by Gasteiger charge is -2.30. The van der Waals surface area contributed by atoms with Gasteiger partial charge in [-0.15, -0.1) is 0 Å². The molecule has 1 aromatic carbocycles. The number of aliphatic hydroxyl groups is 1. The van der Waals surface area contributed by atoms with Gasteiger partial charge >= 0.3 is 0 Å². The zero-order valence-corrected chi connectivity index (χ0v) is 21.1. The summed E-state index contributed by atoms with van der Waals surface area (Å²) < 4.78 is 16.5. The Hall–Kier alpha value is -3.63. The van der Waals surface area contributed by atoms with Gasteiger partial charge in [0, 0.05) is 25.2 Å². The maximum Gasteiger partial charge on any atom is 0.255 e. The number of fused-ring (bicyclic) bond motifs is 1. The van der Waals surface area contributed by atoms with Crippen LogP contribution in [0.3, 0.4) is 0 Å². The maximum absolute atomic E-state index is 12.9. The molecule has 2 atom stereocenters. The third-order valence-corrected chi connectivity index (χ3v) is 7.11. The number of nitrogens with zero attached hydrogens (tertiary/aromatic N) is 2. The van der Waals surface area contributed by atoms with Crippen molar-refractivity contribution < 1.29 is 23.8 Å². The van der Waals surface area contributed by atoms with Gasteiger partial charge in [-0.05, 0) is 61.9 Å². The van der Waals surface area contributed by atoms with E-state index < -0.39 is 6.10 Å². The van der Waals surface area contributed by atoms with Crippen LogP contribution in [-0.2, 0) is 19.6 Å². The summed E-state index contributed by atoms with van der Waals surface area (Å²) in [7, 11) is 1.51. The quantitative estimate of drug-likeness (QED) is 0.327. The number of rotatable bonds is 10. The van der Waals surface area contributed by atoms with Crippen LogP contribution in [0.4, 0.5) is 5.82 Å². The average molecular weight is 508 g/mol. The van der Waals surface area contributed by atoms with Crippen molar-refractivity contribution in [2.24, 2.45) is 0 Å². The molecule has 0 unspecified atom stereocenters. The molecule has 196 valence electrons. The number of nitrogens with one attached hydrogen (secondary N) is 3. The summed E-state index contributed by atoms with van der Waals surface area (Å²) >= 11 is 0. The van der Waals surface area contributed by atoms with Gasteiger partial charge < -0.3 is 34.9 Å². The summed E-state index contributed by atoms with van der Waals surface area (Å²) in [6.07, 6.45) is 6.26. The summed E-state index contributed by atoms with van der Waals surface area (Å²) in [5.74, 6) is 2.19. The second kappa shape index (κ2) is 11.2. The van der Waals surface area contributed by atoms with Gasteiger partial charge in [-0.1, -0.05) is 6.07 Å². The molecule has 1 aliphatic heterocycles. The molecule has 5 rings (SSSR count). The zero-order valence-electron chi connectivity index (χ0n) is 21.1. The number of ether oxygens (including phenoxy) is 2. The normalized spacial score (nSPS) is 17.9. The number of carbonyl (C=O) groups excluding carboxylic acids is 1. The Balaban J connectivity index is 1.15. The lowest BCUT2D eigenvalue weighted by atomic mass is 9.92. The van der Waals surface area contributed by atoms with Crippen molar-refractivity contribution in [3.05, 3.63) is 65.0 Å². The second-order valence-electron chi connectivity index (χ2n) is 9.59. The third-order valence-electron chi connectivity index (χ3n) is 7.11.